The van der Waals surface area contributed by atoms with E-state index in [0.717, 1.165) is 108 Å². The lowest BCUT2D eigenvalue weighted by Crippen LogP contribution is -2.30. The molecule has 0 fully saturated rings. The first-order valence-corrected chi connectivity index (χ1v) is 47.5. The SMILES string of the molecule is CCCCCCCCCCCCCC(=O)OC[C@H](COP(=O)(O)OC[C@H](O)COP(=O)(O)OC[C@@H](COC(=O)CCCCCCCCCCCCCCCCC(C)CC)OC(=O)CCCCCCCCCCCCCCCCCCCCC(C)CC)OC(=O)CCCCCCCCCCCCC(C)CC. The van der Waals surface area contributed by atoms with Crippen LogP contribution in [0.2, 0.25) is 0 Å². The summed E-state index contributed by atoms with van der Waals surface area (Å²) in [6, 6.07) is 0. The second-order valence-electron chi connectivity index (χ2n) is 31.7. The zero-order valence-corrected chi connectivity index (χ0v) is 71.0. The maximum Gasteiger partial charge on any atom is 0.472 e. The molecule has 0 radical (unpaired) electrons. The van der Waals surface area contributed by atoms with Crippen molar-refractivity contribution in [2.45, 2.75) is 471 Å². The molecule has 0 spiro atoms. The minimum atomic E-state index is -4.97. The maximum absolute atomic E-state index is 13.2. The molecule has 105 heavy (non-hydrogen) atoms. The Kier molecular flexibility index (Phi) is 74.7. The minimum absolute atomic E-state index is 0.107. The van der Waals surface area contributed by atoms with Crippen LogP contribution in [0.4, 0.5) is 0 Å². The molecule has 5 unspecified atom stereocenters. The van der Waals surface area contributed by atoms with Gasteiger partial charge in [0.2, 0.25) is 0 Å². The summed E-state index contributed by atoms with van der Waals surface area (Å²) in [4.78, 5) is 73.2. The quantitative estimate of drug-likeness (QED) is 0.0222. The first-order valence-electron chi connectivity index (χ1n) is 44.5. The number of esters is 4. The number of phosphoric ester groups is 2. The van der Waals surface area contributed by atoms with E-state index in [4.69, 9.17) is 37.0 Å². The van der Waals surface area contributed by atoms with Gasteiger partial charge in [-0.2, -0.15) is 0 Å². The molecule has 17 nitrogen and oxygen atoms in total. The Morgan fingerprint density at radius 2 is 0.457 bits per heavy atom. The van der Waals surface area contributed by atoms with Gasteiger partial charge in [0.05, 0.1) is 26.4 Å². The van der Waals surface area contributed by atoms with Crippen molar-refractivity contribution in [3.05, 3.63) is 0 Å². The van der Waals surface area contributed by atoms with Gasteiger partial charge in [-0.1, -0.05) is 402 Å². The van der Waals surface area contributed by atoms with Crippen molar-refractivity contribution in [2.24, 2.45) is 17.8 Å². The van der Waals surface area contributed by atoms with E-state index in [1.165, 1.54) is 263 Å². The molecule has 0 saturated heterocycles. The molecule has 0 bridgehead atoms. The smallest absolute Gasteiger partial charge is 0.462 e. The van der Waals surface area contributed by atoms with Crippen LogP contribution in [-0.2, 0) is 65.4 Å². The van der Waals surface area contributed by atoms with Gasteiger partial charge < -0.3 is 33.8 Å². The van der Waals surface area contributed by atoms with Gasteiger partial charge in [-0.15, -0.1) is 0 Å². The third-order valence-corrected chi connectivity index (χ3v) is 23.1. The van der Waals surface area contributed by atoms with Gasteiger partial charge in [0.25, 0.3) is 0 Å². The molecule has 0 aliphatic heterocycles. The van der Waals surface area contributed by atoms with Gasteiger partial charge >= 0.3 is 39.5 Å². The number of rotatable bonds is 84. The van der Waals surface area contributed by atoms with Crippen molar-refractivity contribution in [1.29, 1.82) is 0 Å². The summed E-state index contributed by atoms with van der Waals surface area (Å²) in [5, 5.41) is 10.7. The standard InChI is InChI=1S/C86H168O17P2/c1-8-12-13-14-15-16-29-39-46-53-60-67-83(88)96-73-82(103-86(91)70-63-56-49-42-35-34-38-45-52-59-66-79(7)11-4)76-101-105(94,95)99-72-80(87)71-98-104(92,93)100-75-81(74-97-84(89)68-61-54-47-40-32-27-24-23-26-31-37-44-51-58-65-78(6)10-3)102-85(90)69-62-55-48-41-33-28-22-20-18-17-19-21-25-30-36-43-50-57-64-77(5)9-2/h77-82,87H,8-76H2,1-7H3,(H,92,93)(H,94,95)/t77?,78?,79?,80-,81-,82-/m1/s1. The van der Waals surface area contributed by atoms with Crippen LogP contribution in [0.3, 0.4) is 0 Å². The average molecular weight is 1540 g/mol. The number of aliphatic hydroxyl groups is 1. The van der Waals surface area contributed by atoms with E-state index < -0.39 is 97.5 Å². The molecular weight excluding hydrogens is 1370 g/mol. The number of hydrogen-bond donors (Lipinski definition) is 3. The Morgan fingerprint density at radius 3 is 0.676 bits per heavy atom. The van der Waals surface area contributed by atoms with Crippen LogP contribution in [0, 0.1) is 17.8 Å². The molecule has 8 atom stereocenters. The van der Waals surface area contributed by atoms with E-state index in [-0.39, 0.29) is 25.7 Å². The number of phosphoric acid groups is 2. The van der Waals surface area contributed by atoms with Crippen LogP contribution in [0.5, 0.6) is 0 Å². The second-order valence-corrected chi connectivity index (χ2v) is 34.6. The van der Waals surface area contributed by atoms with E-state index >= 15 is 0 Å². The highest BCUT2D eigenvalue weighted by molar-refractivity contribution is 7.47. The van der Waals surface area contributed by atoms with Gasteiger partial charge in [-0.3, -0.25) is 37.3 Å². The van der Waals surface area contributed by atoms with E-state index in [9.17, 15) is 43.2 Å². The first kappa shape index (κ1) is 103. The summed E-state index contributed by atoms with van der Waals surface area (Å²) in [6.45, 7) is 12.1. The van der Waals surface area contributed by atoms with Crippen molar-refractivity contribution in [2.75, 3.05) is 39.6 Å². The van der Waals surface area contributed by atoms with Crippen LogP contribution in [0.1, 0.15) is 453 Å². The van der Waals surface area contributed by atoms with Gasteiger partial charge in [-0.05, 0) is 43.4 Å². The molecule has 3 N–H and O–H groups in total. The highest BCUT2D eigenvalue weighted by Crippen LogP contribution is 2.45. The molecule has 0 saturated carbocycles. The zero-order chi connectivity index (χ0) is 77.2. The molecule has 0 aromatic heterocycles. The Labute approximate surface area is 645 Å². The van der Waals surface area contributed by atoms with Gasteiger partial charge in [0.15, 0.2) is 12.2 Å². The lowest BCUT2D eigenvalue weighted by Gasteiger charge is -2.21. The lowest BCUT2D eigenvalue weighted by atomic mass is 9.99. The monoisotopic (exact) mass is 1540 g/mol. The van der Waals surface area contributed by atoms with Crippen molar-refractivity contribution >= 4 is 39.5 Å². The molecule has 19 heteroatoms. The summed E-state index contributed by atoms with van der Waals surface area (Å²) in [5.74, 6) is 0.420. The van der Waals surface area contributed by atoms with Crippen LogP contribution < -0.4 is 0 Å². The van der Waals surface area contributed by atoms with E-state index in [1.807, 2.05) is 0 Å². The van der Waals surface area contributed by atoms with E-state index in [1.54, 1.807) is 0 Å². The van der Waals surface area contributed by atoms with Crippen LogP contribution in [0.25, 0.3) is 0 Å². The Hall–Kier alpha value is -1.94. The van der Waals surface area contributed by atoms with Crippen LogP contribution in [-0.4, -0.2) is 96.7 Å². The molecule has 0 aliphatic carbocycles. The summed E-state index contributed by atoms with van der Waals surface area (Å²) < 4.78 is 68.9. The summed E-state index contributed by atoms with van der Waals surface area (Å²) >= 11 is 0. The van der Waals surface area contributed by atoms with Crippen LogP contribution in [0.15, 0.2) is 0 Å². The normalized spacial score (nSPS) is 14.6. The molecule has 624 valence electrons. The number of unbranched alkanes of at least 4 members (excludes halogenated alkanes) is 49. The van der Waals surface area contributed by atoms with Crippen molar-refractivity contribution in [3.8, 4) is 0 Å². The molecule has 0 aliphatic rings. The van der Waals surface area contributed by atoms with Gasteiger partial charge in [-0.25, -0.2) is 9.13 Å². The van der Waals surface area contributed by atoms with E-state index in [0.29, 0.717) is 25.7 Å². The Balaban J connectivity index is 5.24. The largest absolute Gasteiger partial charge is 0.472 e. The zero-order valence-electron chi connectivity index (χ0n) is 69.2. The fraction of sp³-hybridized carbons (Fsp3) is 0.953. The van der Waals surface area contributed by atoms with Crippen molar-refractivity contribution in [3.63, 3.8) is 0 Å². The Morgan fingerprint density at radius 1 is 0.267 bits per heavy atom. The van der Waals surface area contributed by atoms with Gasteiger partial charge in [0.1, 0.15) is 19.3 Å². The topological polar surface area (TPSA) is 237 Å². The predicted octanol–water partition coefficient (Wildman–Crippen LogP) is 26.1. The highest BCUT2D eigenvalue weighted by Gasteiger charge is 2.31. The summed E-state index contributed by atoms with van der Waals surface area (Å²) in [6.07, 6.45) is 66.4. The summed E-state index contributed by atoms with van der Waals surface area (Å²) in [7, 11) is -9.93. The number of carbonyl (C=O) groups excluding carboxylic acids is 4. The first-order chi connectivity index (χ1) is 50.8. The number of hydrogen-bond acceptors (Lipinski definition) is 15. The van der Waals surface area contributed by atoms with E-state index in [2.05, 4.69) is 48.5 Å². The predicted molar refractivity (Wildman–Crippen MR) is 432 cm³/mol. The number of carbonyl (C=O) groups is 4. The molecule has 0 aromatic rings. The molecule has 0 heterocycles. The average Bonchev–Trinajstić information content (AvgIpc) is 0.917. The maximum atomic E-state index is 13.2. The van der Waals surface area contributed by atoms with Crippen molar-refractivity contribution in [1.82, 2.24) is 0 Å². The van der Waals surface area contributed by atoms with Crippen molar-refractivity contribution < 1.29 is 80.2 Å². The Bertz CT molecular complexity index is 2030. The molecule has 0 amide bonds. The number of aliphatic hydroxyl groups excluding tert-OH is 1. The lowest BCUT2D eigenvalue weighted by molar-refractivity contribution is -0.161. The molecule has 0 aromatic carbocycles. The third-order valence-electron chi connectivity index (χ3n) is 21.2. The van der Waals surface area contributed by atoms with Gasteiger partial charge in [0, 0.05) is 25.7 Å². The third kappa shape index (κ3) is 75.9. The fourth-order valence-electron chi connectivity index (χ4n) is 13.3. The fourth-order valence-corrected chi connectivity index (χ4v) is 14.9. The number of ether oxygens (including phenoxy) is 4. The minimum Gasteiger partial charge on any atom is -0.462 e. The molecule has 0 rings (SSSR count). The van der Waals surface area contributed by atoms with Crippen LogP contribution >= 0.6 is 15.6 Å². The summed E-state index contributed by atoms with van der Waals surface area (Å²) in [5.41, 5.74) is 0. The second kappa shape index (κ2) is 76.1. The molecular formula is C86H168O17P2. The highest BCUT2D eigenvalue weighted by atomic mass is 31.2.